The van der Waals surface area contributed by atoms with Crippen molar-refractivity contribution < 1.29 is 0 Å². The summed E-state index contributed by atoms with van der Waals surface area (Å²) in [5.41, 5.74) is 32.7. The lowest BCUT2D eigenvalue weighted by Gasteiger charge is -2.35. The summed E-state index contributed by atoms with van der Waals surface area (Å²) in [6, 6.07) is 0. The second-order valence-corrected chi connectivity index (χ2v) is 17.0. The summed E-state index contributed by atoms with van der Waals surface area (Å²) in [6.07, 6.45) is 8.30. The van der Waals surface area contributed by atoms with Gasteiger partial charge >= 0.3 is 0 Å². The van der Waals surface area contributed by atoms with Crippen molar-refractivity contribution in [1.29, 1.82) is 0 Å². The Labute approximate surface area is 254 Å². The molecule has 4 atom stereocenters. The zero-order chi connectivity index (χ0) is 26.4. The highest BCUT2D eigenvalue weighted by Gasteiger charge is 2.31. The molecule has 3 aliphatic rings. The summed E-state index contributed by atoms with van der Waals surface area (Å²) in [7, 11) is 0. The molecule has 0 amide bonds. The van der Waals surface area contributed by atoms with Crippen molar-refractivity contribution in [2.45, 2.75) is 72.2 Å². The van der Waals surface area contributed by atoms with E-state index in [1.165, 1.54) is 44.3 Å². The average molecular weight is 635 g/mol. The predicted molar refractivity (Wildman–Crippen MR) is 186 cm³/mol. The van der Waals surface area contributed by atoms with Crippen LogP contribution in [0, 0.1) is 5.92 Å². The third-order valence-electron chi connectivity index (χ3n) is 6.24. The molecule has 3 saturated carbocycles. The number of thioether (sulfide) groups is 6. The van der Waals surface area contributed by atoms with Gasteiger partial charge in [0.15, 0.2) is 0 Å². The highest BCUT2D eigenvalue weighted by molar-refractivity contribution is 8.04. The Kier molecular flexibility index (Phi) is 28.1. The van der Waals surface area contributed by atoms with E-state index in [0.717, 1.165) is 99.5 Å². The molecule has 0 aromatic heterocycles. The maximum Gasteiger partial charge on any atom is 0.0392 e. The molecule has 0 heterocycles. The second kappa shape index (κ2) is 26.7. The Morgan fingerprint density at radius 2 is 0.811 bits per heavy atom. The van der Waals surface area contributed by atoms with Crippen LogP contribution in [0.4, 0.5) is 0 Å². The first kappa shape index (κ1) is 38.9. The summed E-state index contributed by atoms with van der Waals surface area (Å²) in [5.74, 6) is 8.56. The Hall–Kier alpha value is 1.86. The number of rotatable bonds is 18. The molecule has 0 aromatic rings. The maximum absolute atomic E-state index is 5.45. The fraction of sp³-hybridized carbons (Fsp3) is 1.00. The molecular formula is C25H58N6S6. The van der Waals surface area contributed by atoms with Crippen LogP contribution in [-0.4, -0.2) is 99.4 Å². The Bertz CT molecular complexity index is 425. The van der Waals surface area contributed by atoms with Gasteiger partial charge in [-0.25, -0.2) is 0 Å². The lowest BCUT2D eigenvalue weighted by molar-refractivity contribution is 0.367. The minimum atomic E-state index is 0. The van der Waals surface area contributed by atoms with Gasteiger partial charge in [0.25, 0.3) is 0 Å². The van der Waals surface area contributed by atoms with Gasteiger partial charge in [0.05, 0.1) is 0 Å². The third-order valence-corrected chi connectivity index (χ3v) is 14.7. The molecule has 6 nitrogen and oxygen atoms in total. The zero-order valence-electron chi connectivity index (χ0n) is 22.1. The van der Waals surface area contributed by atoms with Crippen LogP contribution in [0.3, 0.4) is 0 Å². The monoisotopic (exact) mass is 634 g/mol. The summed E-state index contributed by atoms with van der Waals surface area (Å²) in [5, 5.41) is 4.36. The van der Waals surface area contributed by atoms with Crippen LogP contribution in [0.5, 0.6) is 0 Å². The molecule has 0 aliphatic heterocycles. The van der Waals surface area contributed by atoms with Gasteiger partial charge in [0.2, 0.25) is 0 Å². The van der Waals surface area contributed by atoms with Crippen molar-refractivity contribution in [1.82, 2.24) is 0 Å². The van der Waals surface area contributed by atoms with Gasteiger partial charge in [0.1, 0.15) is 0 Å². The van der Waals surface area contributed by atoms with Crippen LogP contribution in [0.15, 0.2) is 0 Å². The van der Waals surface area contributed by atoms with Gasteiger partial charge in [-0.05, 0) is 50.2 Å². The molecule has 0 bridgehead atoms. The SMILES string of the molecule is C.NCCSC1CC(CSCN)C1.NCCSC1CCC1SCCN.NCCSC1CCC1SCCN. The molecule has 3 fully saturated rings. The predicted octanol–water partition coefficient (Wildman–Crippen LogP) is 3.54. The van der Waals surface area contributed by atoms with Crippen LogP contribution in [0.25, 0.3) is 0 Å². The van der Waals surface area contributed by atoms with Gasteiger partial charge in [-0.2, -0.15) is 58.8 Å². The van der Waals surface area contributed by atoms with Crippen molar-refractivity contribution in [2.24, 2.45) is 40.3 Å². The van der Waals surface area contributed by atoms with Gasteiger partial charge in [-0.3, -0.25) is 0 Å². The second-order valence-electron chi connectivity index (χ2n) is 9.10. The smallest absolute Gasteiger partial charge is 0.0392 e. The molecule has 0 saturated heterocycles. The molecule has 12 heteroatoms. The highest BCUT2D eigenvalue weighted by atomic mass is 32.2. The minimum absolute atomic E-state index is 0. The van der Waals surface area contributed by atoms with E-state index in [4.69, 9.17) is 34.4 Å². The summed E-state index contributed by atoms with van der Waals surface area (Å²) in [6.45, 7) is 4.08. The van der Waals surface area contributed by atoms with Crippen LogP contribution >= 0.6 is 70.6 Å². The molecule has 12 N–H and O–H groups in total. The van der Waals surface area contributed by atoms with Gasteiger partial charge in [-0.1, -0.05) is 7.43 Å². The topological polar surface area (TPSA) is 156 Å². The summed E-state index contributed by atoms with van der Waals surface area (Å²) < 4.78 is 0. The first-order valence-corrected chi connectivity index (χ1v) is 19.9. The third kappa shape index (κ3) is 18.1. The number of hydrogen-bond donors (Lipinski definition) is 6. The number of hydrogen-bond acceptors (Lipinski definition) is 12. The first-order valence-electron chi connectivity index (χ1n) is 13.5. The molecule has 3 aliphatic carbocycles. The van der Waals surface area contributed by atoms with E-state index in [0.29, 0.717) is 0 Å². The van der Waals surface area contributed by atoms with E-state index in [9.17, 15) is 0 Å². The molecule has 37 heavy (non-hydrogen) atoms. The normalized spacial score (nSPS) is 27.7. The minimum Gasteiger partial charge on any atom is -0.330 e. The molecule has 0 spiro atoms. The van der Waals surface area contributed by atoms with E-state index in [1.54, 1.807) is 0 Å². The van der Waals surface area contributed by atoms with Crippen molar-refractivity contribution in [3.05, 3.63) is 0 Å². The van der Waals surface area contributed by atoms with Gasteiger partial charge in [-0.15, -0.1) is 11.8 Å². The molecule has 0 aromatic carbocycles. The zero-order valence-corrected chi connectivity index (χ0v) is 27.0. The lowest BCUT2D eigenvalue weighted by atomic mass is 9.86. The molecular weight excluding hydrogens is 577 g/mol. The highest BCUT2D eigenvalue weighted by Crippen LogP contribution is 2.40. The van der Waals surface area contributed by atoms with Crippen LogP contribution in [0.1, 0.15) is 46.0 Å². The quantitative estimate of drug-likeness (QED) is 0.122. The maximum atomic E-state index is 5.45. The Balaban J connectivity index is 0.000000518. The van der Waals surface area contributed by atoms with Crippen LogP contribution < -0.4 is 34.4 Å². The van der Waals surface area contributed by atoms with Crippen molar-refractivity contribution >= 4 is 70.6 Å². The van der Waals surface area contributed by atoms with E-state index in [2.05, 4.69) is 0 Å². The average Bonchev–Trinajstić information content (AvgIpc) is 2.83. The molecule has 3 rings (SSSR count). The van der Waals surface area contributed by atoms with E-state index < -0.39 is 0 Å². The van der Waals surface area contributed by atoms with Gasteiger partial charge < -0.3 is 34.4 Å². The summed E-state index contributed by atoms with van der Waals surface area (Å²) in [4.78, 5) is 0. The summed E-state index contributed by atoms with van der Waals surface area (Å²) >= 11 is 12.0. The first-order chi connectivity index (χ1) is 17.6. The lowest BCUT2D eigenvalue weighted by Crippen LogP contribution is -2.33. The fourth-order valence-electron chi connectivity index (χ4n) is 3.93. The number of nitrogens with two attached hydrogens (primary N) is 6. The Morgan fingerprint density at radius 1 is 0.486 bits per heavy atom. The Morgan fingerprint density at radius 3 is 1.08 bits per heavy atom. The largest absolute Gasteiger partial charge is 0.330 e. The molecule has 4 unspecified atom stereocenters. The van der Waals surface area contributed by atoms with Crippen molar-refractivity contribution in [3.63, 3.8) is 0 Å². The molecule has 0 radical (unpaired) electrons. The van der Waals surface area contributed by atoms with Crippen molar-refractivity contribution in [2.75, 3.05) is 73.1 Å². The fourth-order valence-corrected chi connectivity index (χ4v) is 11.3. The van der Waals surface area contributed by atoms with Gasteiger partial charge in [0, 0.05) is 93.6 Å². The van der Waals surface area contributed by atoms with Crippen LogP contribution in [0.2, 0.25) is 0 Å². The van der Waals surface area contributed by atoms with Crippen molar-refractivity contribution in [3.8, 4) is 0 Å². The van der Waals surface area contributed by atoms with E-state index in [1.807, 2.05) is 70.6 Å². The van der Waals surface area contributed by atoms with Crippen LogP contribution in [-0.2, 0) is 0 Å². The molecule has 224 valence electrons. The van der Waals surface area contributed by atoms with E-state index >= 15 is 0 Å². The van der Waals surface area contributed by atoms with E-state index in [-0.39, 0.29) is 7.43 Å². The standard InChI is InChI=1S/3C8H18N2S2.CH4/c9-1-2-12-8-3-7(4-8)5-11-6-10;2*9-3-5-11-7-1-2-8(7)12-6-4-10;/h3*7-8H,1-6,9-10H2;1H4.